The van der Waals surface area contributed by atoms with E-state index < -0.39 is 0 Å². The topological polar surface area (TPSA) is 20.2 Å². The Labute approximate surface area is 105 Å². The fourth-order valence-corrected chi connectivity index (χ4v) is 2.08. The summed E-state index contributed by atoms with van der Waals surface area (Å²) in [5, 5.41) is 11.6. The zero-order valence-corrected chi connectivity index (χ0v) is 11.0. The number of rotatable bonds is 6. The Morgan fingerprint density at radius 1 is 1.27 bits per heavy atom. The van der Waals surface area contributed by atoms with Gasteiger partial charge in [-0.15, -0.1) is 0 Å². The van der Waals surface area contributed by atoms with E-state index in [1.54, 1.807) is 0 Å². The van der Waals surface area contributed by atoms with Crippen molar-refractivity contribution in [1.82, 2.24) is 0 Å². The molecule has 3 heteroatoms. The van der Waals surface area contributed by atoms with Crippen LogP contribution in [0.5, 0.6) is 0 Å². The van der Waals surface area contributed by atoms with Crippen molar-refractivity contribution in [3.63, 3.8) is 0 Å². The molecule has 1 N–H and O–H groups in total. The normalized spacial score (nSPS) is 12.7. The highest BCUT2D eigenvalue weighted by Gasteiger charge is 2.06. The summed E-state index contributed by atoms with van der Waals surface area (Å²) in [5.74, 6) is 0. The van der Waals surface area contributed by atoms with Crippen molar-refractivity contribution in [2.75, 3.05) is 5.33 Å². The number of halogens is 2. The monoisotopic (exact) mass is 290 g/mol. The number of alkyl halides is 1. The molecule has 1 atom stereocenters. The highest BCUT2D eigenvalue weighted by molar-refractivity contribution is 9.09. The summed E-state index contributed by atoms with van der Waals surface area (Å²) < 4.78 is 0. The lowest BCUT2D eigenvalue weighted by molar-refractivity contribution is 0.163. The Morgan fingerprint density at radius 2 is 2.07 bits per heavy atom. The summed E-state index contributed by atoms with van der Waals surface area (Å²) in [5.41, 5.74) is 0.918. The third-order valence-electron chi connectivity index (χ3n) is 2.34. The number of hydrogen-bond donors (Lipinski definition) is 1. The number of hydrogen-bond acceptors (Lipinski definition) is 1. The van der Waals surface area contributed by atoms with Crippen LogP contribution in [0, 0.1) is 0 Å². The van der Waals surface area contributed by atoms with Gasteiger partial charge in [0.2, 0.25) is 0 Å². The first-order chi connectivity index (χ1) is 7.24. The average molecular weight is 292 g/mol. The molecule has 1 unspecified atom stereocenters. The van der Waals surface area contributed by atoms with E-state index in [4.69, 9.17) is 11.6 Å². The minimum Gasteiger partial charge on any atom is -0.388 e. The smallest absolute Gasteiger partial charge is 0.0790 e. The van der Waals surface area contributed by atoms with Gasteiger partial charge in [-0.2, -0.15) is 0 Å². The van der Waals surface area contributed by atoms with E-state index in [0.29, 0.717) is 5.02 Å². The standard InChI is InChI=1S/C12H16BrClO/c13-8-3-1-2-7-12(15)10-5-4-6-11(14)9-10/h4-6,9,12,15H,1-3,7-8H2. The van der Waals surface area contributed by atoms with Gasteiger partial charge >= 0.3 is 0 Å². The zero-order valence-electron chi connectivity index (χ0n) is 8.63. The van der Waals surface area contributed by atoms with Crippen molar-refractivity contribution in [3.8, 4) is 0 Å². The van der Waals surface area contributed by atoms with E-state index >= 15 is 0 Å². The van der Waals surface area contributed by atoms with Gasteiger partial charge in [0, 0.05) is 10.4 Å². The molecule has 0 heterocycles. The Bertz CT molecular complexity index is 291. The van der Waals surface area contributed by atoms with Gasteiger partial charge in [0.05, 0.1) is 6.10 Å². The van der Waals surface area contributed by atoms with Gasteiger partial charge < -0.3 is 5.11 Å². The summed E-state index contributed by atoms with van der Waals surface area (Å²) in [6, 6.07) is 7.44. The maximum Gasteiger partial charge on any atom is 0.0790 e. The molecule has 0 aromatic heterocycles. The number of aliphatic hydroxyl groups is 1. The zero-order chi connectivity index (χ0) is 11.1. The van der Waals surface area contributed by atoms with E-state index in [9.17, 15) is 5.11 Å². The van der Waals surface area contributed by atoms with Gasteiger partial charge in [0.1, 0.15) is 0 Å². The van der Waals surface area contributed by atoms with Crippen LogP contribution in [0.15, 0.2) is 24.3 Å². The molecular weight excluding hydrogens is 275 g/mol. The molecule has 0 saturated carbocycles. The first-order valence-electron chi connectivity index (χ1n) is 5.23. The summed E-state index contributed by atoms with van der Waals surface area (Å²) in [6.07, 6.45) is 3.82. The summed E-state index contributed by atoms with van der Waals surface area (Å²) in [6.45, 7) is 0. The molecule has 0 fully saturated rings. The maximum absolute atomic E-state index is 9.87. The number of benzene rings is 1. The Hall–Kier alpha value is -0.0500. The molecule has 0 aliphatic carbocycles. The van der Waals surface area contributed by atoms with Crippen LogP contribution in [0.2, 0.25) is 5.02 Å². The molecule has 1 aromatic carbocycles. The predicted molar refractivity (Wildman–Crippen MR) is 68.7 cm³/mol. The lowest BCUT2D eigenvalue weighted by Crippen LogP contribution is -1.97. The van der Waals surface area contributed by atoms with Crippen molar-refractivity contribution in [2.24, 2.45) is 0 Å². The SMILES string of the molecule is OC(CCCCCBr)c1cccc(Cl)c1. The first-order valence-corrected chi connectivity index (χ1v) is 6.73. The van der Waals surface area contributed by atoms with Crippen molar-refractivity contribution < 1.29 is 5.11 Å². The first kappa shape index (κ1) is 13.0. The van der Waals surface area contributed by atoms with Crippen molar-refractivity contribution in [3.05, 3.63) is 34.9 Å². The molecule has 0 radical (unpaired) electrons. The van der Waals surface area contributed by atoms with Gasteiger partial charge in [0.15, 0.2) is 0 Å². The van der Waals surface area contributed by atoms with Crippen molar-refractivity contribution >= 4 is 27.5 Å². The van der Waals surface area contributed by atoms with Crippen LogP contribution in [0.1, 0.15) is 37.4 Å². The molecule has 0 saturated heterocycles. The van der Waals surface area contributed by atoms with Crippen molar-refractivity contribution in [2.45, 2.75) is 31.8 Å². The maximum atomic E-state index is 9.87. The third-order valence-corrected chi connectivity index (χ3v) is 3.14. The van der Waals surface area contributed by atoms with Gasteiger partial charge in [0.25, 0.3) is 0 Å². The van der Waals surface area contributed by atoms with Crippen LogP contribution >= 0.6 is 27.5 Å². The van der Waals surface area contributed by atoms with E-state index in [-0.39, 0.29) is 6.10 Å². The van der Waals surface area contributed by atoms with Crippen LogP contribution in [0.3, 0.4) is 0 Å². The summed E-state index contributed by atoms with van der Waals surface area (Å²) in [4.78, 5) is 0. The fraction of sp³-hybridized carbons (Fsp3) is 0.500. The molecule has 0 bridgehead atoms. The molecule has 0 aliphatic rings. The average Bonchev–Trinajstić information content (AvgIpc) is 2.24. The Morgan fingerprint density at radius 3 is 2.73 bits per heavy atom. The van der Waals surface area contributed by atoms with E-state index in [1.165, 1.54) is 6.42 Å². The molecule has 1 aromatic rings. The molecule has 1 rings (SSSR count). The van der Waals surface area contributed by atoms with Crippen LogP contribution in [-0.4, -0.2) is 10.4 Å². The summed E-state index contributed by atoms with van der Waals surface area (Å²) >= 11 is 9.25. The lowest BCUT2D eigenvalue weighted by Gasteiger charge is -2.10. The predicted octanol–water partition coefficient (Wildman–Crippen LogP) is 4.33. The molecule has 0 amide bonds. The van der Waals surface area contributed by atoms with Gasteiger partial charge in [-0.25, -0.2) is 0 Å². The largest absolute Gasteiger partial charge is 0.388 e. The van der Waals surface area contributed by atoms with Crippen LogP contribution in [-0.2, 0) is 0 Å². The second-order valence-corrected chi connectivity index (χ2v) is 4.84. The van der Waals surface area contributed by atoms with Crippen molar-refractivity contribution in [1.29, 1.82) is 0 Å². The molecule has 84 valence electrons. The highest BCUT2D eigenvalue weighted by Crippen LogP contribution is 2.22. The minimum atomic E-state index is -0.376. The lowest BCUT2D eigenvalue weighted by atomic mass is 10.0. The number of aliphatic hydroxyl groups excluding tert-OH is 1. The highest BCUT2D eigenvalue weighted by atomic mass is 79.9. The molecule has 1 nitrogen and oxygen atoms in total. The van der Waals surface area contributed by atoms with Crippen LogP contribution in [0.4, 0.5) is 0 Å². The van der Waals surface area contributed by atoms with E-state index in [0.717, 1.165) is 30.2 Å². The third kappa shape index (κ3) is 5.01. The molecule has 0 aliphatic heterocycles. The second-order valence-electron chi connectivity index (χ2n) is 3.61. The molecule has 0 spiro atoms. The van der Waals surface area contributed by atoms with E-state index in [2.05, 4.69) is 15.9 Å². The van der Waals surface area contributed by atoms with Gasteiger partial charge in [-0.1, -0.05) is 52.5 Å². The second kappa shape index (κ2) is 7.26. The van der Waals surface area contributed by atoms with E-state index in [1.807, 2.05) is 24.3 Å². The Kier molecular flexibility index (Phi) is 6.30. The number of unbranched alkanes of at least 4 members (excludes halogenated alkanes) is 2. The Balaban J connectivity index is 2.36. The molecular formula is C12H16BrClO. The quantitative estimate of drug-likeness (QED) is 0.611. The van der Waals surface area contributed by atoms with Gasteiger partial charge in [-0.3, -0.25) is 0 Å². The van der Waals surface area contributed by atoms with Crippen LogP contribution < -0.4 is 0 Å². The summed E-state index contributed by atoms with van der Waals surface area (Å²) in [7, 11) is 0. The molecule has 15 heavy (non-hydrogen) atoms. The van der Waals surface area contributed by atoms with Crippen LogP contribution in [0.25, 0.3) is 0 Å². The fourth-order valence-electron chi connectivity index (χ4n) is 1.49. The minimum absolute atomic E-state index is 0.376. The van der Waals surface area contributed by atoms with Gasteiger partial charge in [-0.05, 0) is 30.5 Å².